The number of hydrogen-bond donors (Lipinski definition) is 0. The molecule has 3 saturated carbocycles. The van der Waals surface area contributed by atoms with E-state index in [0.717, 1.165) is 62.1 Å². The van der Waals surface area contributed by atoms with Gasteiger partial charge in [0.25, 0.3) is 0 Å². The molecular formula is C19H25BrO2. The fraction of sp³-hybridized carbons (Fsp3) is 0.789. The Hall–Kier alpha value is -0.440. The lowest BCUT2D eigenvalue weighted by atomic mass is 9.51. The minimum absolute atomic E-state index is 0.00360. The molecule has 0 N–H and O–H groups in total. The molecule has 0 spiro atoms. The Morgan fingerprint density at radius 2 is 1.91 bits per heavy atom. The van der Waals surface area contributed by atoms with Crippen LogP contribution >= 0.6 is 15.9 Å². The van der Waals surface area contributed by atoms with Gasteiger partial charge in [-0.15, -0.1) is 0 Å². The van der Waals surface area contributed by atoms with Crippen molar-refractivity contribution in [2.75, 3.05) is 5.33 Å². The van der Waals surface area contributed by atoms with Gasteiger partial charge in [0.2, 0.25) is 0 Å². The Morgan fingerprint density at radius 3 is 2.73 bits per heavy atom. The van der Waals surface area contributed by atoms with Gasteiger partial charge in [0.15, 0.2) is 5.78 Å². The number of ketones is 2. The lowest BCUT2D eigenvalue weighted by Crippen LogP contribution is -2.48. The SMILES string of the molecule is O=C1C=C2CCC3C(CC[C@]4(CCBr)C(=O)CCC34)C2CC1. The third-order valence-electron chi connectivity index (χ3n) is 7.29. The predicted molar refractivity (Wildman–Crippen MR) is 89.8 cm³/mol. The Balaban J connectivity index is 1.63. The Morgan fingerprint density at radius 1 is 1.05 bits per heavy atom. The van der Waals surface area contributed by atoms with Gasteiger partial charge >= 0.3 is 0 Å². The molecule has 0 bridgehead atoms. The van der Waals surface area contributed by atoms with Gasteiger partial charge in [-0.1, -0.05) is 21.5 Å². The number of hydrogen-bond acceptors (Lipinski definition) is 2. The first kappa shape index (κ1) is 15.1. The van der Waals surface area contributed by atoms with Crippen molar-refractivity contribution in [2.45, 2.75) is 57.8 Å². The third kappa shape index (κ3) is 2.11. The van der Waals surface area contributed by atoms with Crippen molar-refractivity contribution in [1.82, 2.24) is 0 Å². The fourth-order valence-corrected chi connectivity index (χ4v) is 7.09. The number of carbonyl (C=O) groups excluding carboxylic acids is 2. The summed E-state index contributed by atoms with van der Waals surface area (Å²) in [6.45, 7) is 0. The highest BCUT2D eigenvalue weighted by molar-refractivity contribution is 9.09. The van der Waals surface area contributed by atoms with Crippen LogP contribution < -0.4 is 0 Å². The average Bonchev–Trinajstić information content (AvgIpc) is 2.84. The lowest BCUT2D eigenvalue weighted by Gasteiger charge is -2.53. The first-order valence-electron chi connectivity index (χ1n) is 8.98. The number of rotatable bonds is 2. The zero-order chi connectivity index (χ0) is 15.3. The topological polar surface area (TPSA) is 34.1 Å². The van der Waals surface area contributed by atoms with E-state index in [1.54, 1.807) is 0 Å². The normalized spacial score (nSPS) is 44.1. The van der Waals surface area contributed by atoms with Crippen LogP contribution in [0.15, 0.2) is 11.6 Å². The summed E-state index contributed by atoms with van der Waals surface area (Å²) in [6.07, 6.45) is 11.4. The van der Waals surface area contributed by atoms with E-state index in [-0.39, 0.29) is 5.41 Å². The number of alkyl halides is 1. The van der Waals surface area contributed by atoms with E-state index in [2.05, 4.69) is 15.9 Å². The van der Waals surface area contributed by atoms with Gasteiger partial charge in [-0.05, 0) is 74.7 Å². The maximum Gasteiger partial charge on any atom is 0.155 e. The van der Waals surface area contributed by atoms with E-state index in [4.69, 9.17) is 0 Å². The quantitative estimate of drug-likeness (QED) is 0.677. The van der Waals surface area contributed by atoms with Crippen LogP contribution in [0.1, 0.15) is 57.8 Å². The second-order valence-electron chi connectivity index (χ2n) is 7.90. The molecule has 0 aromatic rings. The molecule has 0 radical (unpaired) electrons. The van der Waals surface area contributed by atoms with E-state index in [0.29, 0.717) is 23.4 Å². The van der Waals surface area contributed by atoms with Gasteiger partial charge in [0.1, 0.15) is 5.78 Å². The van der Waals surface area contributed by atoms with Crippen molar-refractivity contribution < 1.29 is 9.59 Å². The largest absolute Gasteiger partial charge is 0.299 e. The van der Waals surface area contributed by atoms with Crippen LogP contribution in [0.4, 0.5) is 0 Å². The molecule has 0 aromatic heterocycles. The number of carbonyl (C=O) groups is 2. The first-order valence-corrected chi connectivity index (χ1v) is 10.1. The zero-order valence-corrected chi connectivity index (χ0v) is 14.7. The van der Waals surface area contributed by atoms with Gasteiger partial charge in [0.05, 0.1) is 0 Å². The molecule has 4 unspecified atom stereocenters. The summed E-state index contributed by atoms with van der Waals surface area (Å²) >= 11 is 3.59. The third-order valence-corrected chi connectivity index (χ3v) is 7.68. The van der Waals surface area contributed by atoms with Gasteiger partial charge in [0, 0.05) is 23.6 Å². The van der Waals surface area contributed by atoms with Crippen molar-refractivity contribution in [1.29, 1.82) is 0 Å². The molecule has 0 heterocycles. The van der Waals surface area contributed by atoms with Crippen LogP contribution in [0.5, 0.6) is 0 Å². The predicted octanol–water partition coefficient (Wildman–Crippen LogP) is 4.46. The monoisotopic (exact) mass is 364 g/mol. The molecule has 3 fully saturated rings. The van der Waals surface area contributed by atoms with Gasteiger partial charge in [-0.3, -0.25) is 9.59 Å². The van der Waals surface area contributed by atoms with Crippen molar-refractivity contribution in [3.63, 3.8) is 0 Å². The first-order chi connectivity index (χ1) is 10.7. The summed E-state index contributed by atoms with van der Waals surface area (Å²) in [6, 6.07) is 0. The molecule has 0 aromatic carbocycles. The number of Topliss-reactive ketones (excluding diaryl/α,β-unsaturated/α-hetero) is 1. The molecule has 3 heteroatoms. The summed E-state index contributed by atoms with van der Waals surface area (Å²) in [7, 11) is 0. The lowest BCUT2D eigenvalue weighted by molar-refractivity contribution is -0.132. The van der Waals surface area contributed by atoms with E-state index in [1.807, 2.05) is 6.08 Å². The molecule has 5 atom stereocenters. The van der Waals surface area contributed by atoms with E-state index >= 15 is 0 Å². The fourth-order valence-electron chi connectivity index (χ4n) is 6.39. The van der Waals surface area contributed by atoms with Crippen LogP contribution in [0, 0.1) is 29.1 Å². The molecule has 120 valence electrons. The second kappa shape index (κ2) is 5.58. The van der Waals surface area contributed by atoms with Crippen LogP contribution in [-0.2, 0) is 9.59 Å². The summed E-state index contributed by atoms with van der Waals surface area (Å²) in [5.74, 6) is 3.63. The molecule has 4 aliphatic rings. The van der Waals surface area contributed by atoms with E-state index < -0.39 is 0 Å². The Labute approximate surface area is 141 Å². The summed E-state index contributed by atoms with van der Waals surface area (Å²) in [5, 5.41) is 0.954. The smallest absolute Gasteiger partial charge is 0.155 e. The van der Waals surface area contributed by atoms with Crippen molar-refractivity contribution in [3.05, 3.63) is 11.6 Å². The second-order valence-corrected chi connectivity index (χ2v) is 8.69. The van der Waals surface area contributed by atoms with Crippen molar-refractivity contribution in [3.8, 4) is 0 Å². The maximum absolute atomic E-state index is 12.6. The van der Waals surface area contributed by atoms with Gasteiger partial charge in [-0.25, -0.2) is 0 Å². The van der Waals surface area contributed by atoms with Crippen LogP contribution in [-0.4, -0.2) is 16.9 Å². The number of halogens is 1. The van der Waals surface area contributed by atoms with Crippen molar-refractivity contribution in [2.24, 2.45) is 29.1 Å². The van der Waals surface area contributed by atoms with Crippen LogP contribution in [0.2, 0.25) is 0 Å². The molecule has 22 heavy (non-hydrogen) atoms. The maximum atomic E-state index is 12.6. The van der Waals surface area contributed by atoms with Crippen LogP contribution in [0.3, 0.4) is 0 Å². The highest BCUT2D eigenvalue weighted by Gasteiger charge is 2.57. The molecule has 0 saturated heterocycles. The summed E-state index contributed by atoms with van der Waals surface area (Å²) in [5.41, 5.74) is 1.44. The molecule has 4 rings (SSSR count). The molecule has 4 aliphatic carbocycles. The van der Waals surface area contributed by atoms with Crippen molar-refractivity contribution >= 4 is 27.5 Å². The van der Waals surface area contributed by atoms with Gasteiger partial charge < -0.3 is 0 Å². The Kier molecular flexibility index (Phi) is 3.83. The molecule has 0 amide bonds. The van der Waals surface area contributed by atoms with Crippen LogP contribution in [0.25, 0.3) is 0 Å². The summed E-state index contributed by atoms with van der Waals surface area (Å²) in [4.78, 5) is 24.4. The number of fused-ring (bicyclic) bond motifs is 5. The molecular weight excluding hydrogens is 340 g/mol. The minimum atomic E-state index is -0.00360. The highest BCUT2D eigenvalue weighted by atomic mass is 79.9. The standard InChI is InChI=1S/C19H25BrO2/c20-10-9-19-8-7-15-14-4-2-13(21)11-12(14)1-3-16(15)17(19)5-6-18(19)22/h11,14-17H,1-10H2/t14?,15?,16?,17?,19-/m1/s1. The molecule has 0 aliphatic heterocycles. The molecule has 2 nitrogen and oxygen atoms in total. The van der Waals surface area contributed by atoms with E-state index in [9.17, 15) is 9.59 Å². The highest BCUT2D eigenvalue weighted by Crippen LogP contribution is 2.61. The average molecular weight is 365 g/mol. The number of allylic oxidation sites excluding steroid dienone is 1. The summed E-state index contributed by atoms with van der Waals surface area (Å²) < 4.78 is 0. The zero-order valence-electron chi connectivity index (χ0n) is 13.2. The van der Waals surface area contributed by atoms with E-state index in [1.165, 1.54) is 18.4 Å². The minimum Gasteiger partial charge on any atom is -0.299 e. The van der Waals surface area contributed by atoms with Gasteiger partial charge in [-0.2, -0.15) is 0 Å². The Bertz CT molecular complexity index is 538.